The smallest absolute Gasteiger partial charge is 0.317 e. The van der Waals surface area contributed by atoms with E-state index in [-0.39, 0.29) is 6.03 Å². The van der Waals surface area contributed by atoms with E-state index in [2.05, 4.69) is 41.4 Å². The summed E-state index contributed by atoms with van der Waals surface area (Å²) in [5, 5.41) is 3.01. The number of hydrogen-bond donors (Lipinski definition) is 2. The number of rotatable bonds is 5. The molecule has 0 aromatic heterocycles. The summed E-state index contributed by atoms with van der Waals surface area (Å²) in [6.07, 6.45) is 0.874. The summed E-state index contributed by atoms with van der Waals surface area (Å²) in [5.41, 5.74) is 8.07. The van der Waals surface area contributed by atoms with Crippen molar-refractivity contribution in [3.05, 3.63) is 35.4 Å². The molecule has 0 unspecified atom stereocenters. The lowest BCUT2D eigenvalue weighted by molar-refractivity contribution is 0.141. The first-order valence-corrected chi connectivity index (χ1v) is 7.70. The molecule has 0 aliphatic carbocycles. The Balaban J connectivity index is 1.67. The van der Waals surface area contributed by atoms with Crippen LogP contribution in [0.2, 0.25) is 0 Å². The fourth-order valence-corrected chi connectivity index (χ4v) is 2.54. The Kier molecular flexibility index (Phi) is 6.02. The second kappa shape index (κ2) is 8.00. The minimum atomic E-state index is 0.0505. The summed E-state index contributed by atoms with van der Waals surface area (Å²) in [6.45, 7) is 7.78. The molecule has 5 heteroatoms. The Hall–Kier alpha value is -1.59. The molecule has 0 atom stereocenters. The monoisotopic (exact) mass is 290 g/mol. The number of carbonyl (C=O) groups excluding carboxylic acids is 1. The molecule has 0 radical (unpaired) electrons. The molecule has 0 bridgehead atoms. The van der Waals surface area contributed by atoms with E-state index in [0.717, 1.165) is 39.1 Å². The maximum Gasteiger partial charge on any atom is 0.317 e. The zero-order valence-corrected chi connectivity index (χ0v) is 12.8. The van der Waals surface area contributed by atoms with Crippen molar-refractivity contribution in [1.82, 2.24) is 15.1 Å². The fourth-order valence-electron chi connectivity index (χ4n) is 2.54. The van der Waals surface area contributed by atoms with Gasteiger partial charge >= 0.3 is 6.03 Å². The van der Waals surface area contributed by atoms with E-state index in [9.17, 15) is 4.79 Å². The number of urea groups is 1. The van der Waals surface area contributed by atoms with Crippen molar-refractivity contribution in [2.45, 2.75) is 13.3 Å². The van der Waals surface area contributed by atoms with Crippen LogP contribution >= 0.6 is 0 Å². The summed E-state index contributed by atoms with van der Waals surface area (Å²) in [7, 11) is 0. The average molecular weight is 290 g/mol. The minimum absolute atomic E-state index is 0.0505. The van der Waals surface area contributed by atoms with Crippen LogP contribution < -0.4 is 11.1 Å². The third-order valence-electron chi connectivity index (χ3n) is 3.92. The lowest BCUT2D eigenvalue weighted by atomic mass is 10.1. The van der Waals surface area contributed by atoms with Gasteiger partial charge in [-0.2, -0.15) is 0 Å². The van der Waals surface area contributed by atoms with Crippen molar-refractivity contribution < 1.29 is 4.79 Å². The first-order valence-electron chi connectivity index (χ1n) is 7.70. The Labute approximate surface area is 127 Å². The summed E-state index contributed by atoms with van der Waals surface area (Å²) in [4.78, 5) is 16.3. The van der Waals surface area contributed by atoms with Gasteiger partial charge in [0.25, 0.3) is 0 Å². The van der Waals surface area contributed by atoms with Gasteiger partial charge in [-0.05, 0) is 18.9 Å². The molecule has 1 aromatic rings. The standard InChI is InChI=1S/C16H26N4O/c1-14-2-4-15(5-3-14)6-8-18-16(21)20-12-10-19(9-7-17)11-13-20/h2-5H,6-13,17H2,1H3,(H,18,21). The van der Waals surface area contributed by atoms with Gasteiger partial charge in [-0.1, -0.05) is 29.8 Å². The molecule has 1 aromatic carbocycles. The lowest BCUT2D eigenvalue weighted by Crippen LogP contribution is -2.52. The van der Waals surface area contributed by atoms with Gasteiger partial charge in [-0.3, -0.25) is 4.90 Å². The Morgan fingerprint density at radius 3 is 2.48 bits per heavy atom. The minimum Gasteiger partial charge on any atom is -0.338 e. The molecular formula is C16H26N4O. The molecule has 1 aliphatic heterocycles. The van der Waals surface area contributed by atoms with E-state index < -0.39 is 0 Å². The van der Waals surface area contributed by atoms with Crippen LogP contribution in [0, 0.1) is 6.92 Å². The van der Waals surface area contributed by atoms with E-state index in [1.807, 2.05) is 4.90 Å². The third kappa shape index (κ3) is 5.02. The third-order valence-corrected chi connectivity index (χ3v) is 3.92. The second-order valence-corrected chi connectivity index (χ2v) is 5.58. The fraction of sp³-hybridized carbons (Fsp3) is 0.562. The second-order valence-electron chi connectivity index (χ2n) is 5.58. The van der Waals surface area contributed by atoms with Gasteiger partial charge in [0, 0.05) is 45.8 Å². The van der Waals surface area contributed by atoms with Crippen LogP contribution in [0.1, 0.15) is 11.1 Å². The highest BCUT2D eigenvalue weighted by atomic mass is 16.2. The molecule has 21 heavy (non-hydrogen) atoms. The Bertz CT molecular complexity index is 438. The van der Waals surface area contributed by atoms with Gasteiger partial charge in [0.2, 0.25) is 0 Å². The molecule has 0 saturated carbocycles. The van der Waals surface area contributed by atoms with Crippen LogP contribution in [0.4, 0.5) is 4.79 Å². The van der Waals surface area contributed by atoms with Crippen molar-refractivity contribution in [3.8, 4) is 0 Å². The molecule has 1 aliphatic rings. The van der Waals surface area contributed by atoms with Gasteiger partial charge < -0.3 is 16.0 Å². The molecule has 5 nitrogen and oxygen atoms in total. The van der Waals surface area contributed by atoms with Crippen LogP contribution in [0.3, 0.4) is 0 Å². The highest BCUT2D eigenvalue weighted by Crippen LogP contribution is 2.04. The van der Waals surface area contributed by atoms with E-state index in [0.29, 0.717) is 13.1 Å². The molecule has 2 amide bonds. The number of nitrogens with two attached hydrogens (primary N) is 1. The molecule has 1 fully saturated rings. The van der Waals surface area contributed by atoms with E-state index in [1.54, 1.807) is 0 Å². The number of benzene rings is 1. The Morgan fingerprint density at radius 1 is 1.19 bits per heavy atom. The van der Waals surface area contributed by atoms with E-state index >= 15 is 0 Å². The number of amides is 2. The Morgan fingerprint density at radius 2 is 1.86 bits per heavy atom. The van der Waals surface area contributed by atoms with Gasteiger partial charge in [0.05, 0.1) is 0 Å². The van der Waals surface area contributed by atoms with E-state index in [4.69, 9.17) is 5.73 Å². The van der Waals surface area contributed by atoms with Crippen LogP contribution in [0.5, 0.6) is 0 Å². The summed E-state index contributed by atoms with van der Waals surface area (Å²) < 4.78 is 0. The molecule has 3 N–H and O–H groups in total. The number of aryl methyl sites for hydroxylation is 1. The SMILES string of the molecule is Cc1ccc(CCNC(=O)N2CCN(CCN)CC2)cc1. The molecular weight excluding hydrogens is 264 g/mol. The summed E-state index contributed by atoms with van der Waals surface area (Å²) in [6, 6.07) is 8.50. The molecule has 1 saturated heterocycles. The predicted octanol–water partition coefficient (Wildman–Crippen LogP) is 0.823. The highest BCUT2D eigenvalue weighted by molar-refractivity contribution is 5.74. The zero-order valence-electron chi connectivity index (χ0n) is 12.8. The van der Waals surface area contributed by atoms with Gasteiger partial charge in [0.15, 0.2) is 0 Å². The van der Waals surface area contributed by atoms with Gasteiger partial charge in [-0.25, -0.2) is 4.79 Å². The number of hydrogen-bond acceptors (Lipinski definition) is 3. The number of piperazine rings is 1. The molecule has 2 rings (SSSR count). The van der Waals surface area contributed by atoms with Crippen molar-refractivity contribution in [2.75, 3.05) is 45.8 Å². The maximum absolute atomic E-state index is 12.1. The topological polar surface area (TPSA) is 61.6 Å². The van der Waals surface area contributed by atoms with Crippen molar-refractivity contribution in [2.24, 2.45) is 5.73 Å². The van der Waals surface area contributed by atoms with Gasteiger partial charge in [0.1, 0.15) is 0 Å². The van der Waals surface area contributed by atoms with Crippen LogP contribution in [0.15, 0.2) is 24.3 Å². The van der Waals surface area contributed by atoms with Crippen LogP contribution in [-0.4, -0.2) is 61.6 Å². The number of nitrogens with one attached hydrogen (secondary N) is 1. The summed E-state index contributed by atoms with van der Waals surface area (Å²) >= 11 is 0. The highest BCUT2D eigenvalue weighted by Gasteiger charge is 2.19. The van der Waals surface area contributed by atoms with Crippen molar-refractivity contribution >= 4 is 6.03 Å². The summed E-state index contributed by atoms with van der Waals surface area (Å²) in [5.74, 6) is 0. The average Bonchev–Trinajstić information content (AvgIpc) is 2.50. The van der Waals surface area contributed by atoms with Gasteiger partial charge in [-0.15, -0.1) is 0 Å². The quantitative estimate of drug-likeness (QED) is 0.844. The lowest BCUT2D eigenvalue weighted by Gasteiger charge is -2.34. The predicted molar refractivity (Wildman–Crippen MR) is 85.3 cm³/mol. The maximum atomic E-state index is 12.1. The first-order chi connectivity index (χ1) is 10.2. The van der Waals surface area contributed by atoms with Crippen molar-refractivity contribution in [3.63, 3.8) is 0 Å². The molecule has 1 heterocycles. The van der Waals surface area contributed by atoms with Crippen LogP contribution in [-0.2, 0) is 6.42 Å². The molecule has 0 spiro atoms. The normalized spacial score (nSPS) is 16.0. The van der Waals surface area contributed by atoms with Crippen molar-refractivity contribution in [1.29, 1.82) is 0 Å². The molecule has 116 valence electrons. The first kappa shape index (κ1) is 15.8. The zero-order chi connectivity index (χ0) is 15.1. The number of nitrogens with zero attached hydrogens (tertiary/aromatic N) is 2. The van der Waals surface area contributed by atoms with Crippen LogP contribution in [0.25, 0.3) is 0 Å². The van der Waals surface area contributed by atoms with E-state index in [1.165, 1.54) is 11.1 Å². The largest absolute Gasteiger partial charge is 0.338 e. The number of carbonyl (C=O) groups is 1.